The average Bonchev–Trinajstić information content (AvgIpc) is 3.02. The zero-order valence-electron chi connectivity index (χ0n) is 13.2. The van der Waals surface area contributed by atoms with Gasteiger partial charge in [0.2, 0.25) is 11.8 Å². The van der Waals surface area contributed by atoms with Crippen molar-refractivity contribution in [3.63, 3.8) is 0 Å². The Bertz CT molecular complexity index is 690. The summed E-state index contributed by atoms with van der Waals surface area (Å²) >= 11 is 0. The molecule has 0 spiro atoms. The van der Waals surface area contributed by atoms with Gasteiger partial charge in [0.25, 0.3) is 0 Å². The molecule has 1 atom stereocenters. The van der Waals surface area contributed by atoms with Crippen molar-refractivity contribution in [1.29, 1.82) is 0 Å². The zero-order chi connectivity index (χ0) is 16.3. The van der Waals surface area contributed by atoms with Gasteiger partial charge in [-0.1, -0.05) is 6.07 Å². The van der Waals surface area contributed by atoms with E-state index in [0.717, 1.165) is 24.2 Å². The second-order valence-electron chi connectivity index (χ2n) is 5.95. The van der Waals surface area contributed by atoms with E-state index in [1.807, 2.05) is 31.2 Å². The van der Waals surface area contributed by atoms with Gasteiger partial charge in [-0.05, 0) is 38.0 Å². The number of aryl methyl sites for hydroxylation is 1. The number of rotatable bonds is 4. The fraction of sp³-hybridized carbons (Fsp3) is 0.412. The van der Waals surface area contributed by atoms with E-state index in [1.165, 1.54) is 0 Å². The van der Waals surface area contributed by atoms with Gasteiger partial charge in [0.05, 0.1) is 18.2 Å². The molecule has 6 heteroatoms. The van der Waals surface area contributed by atoms with Gasteiger partial charge in [-0.15, -0.1) is 0 Å². The molecule has 1 unspecified atom stereocenters. The normalized spacial score (nSPS) is 21.1. The van der Waals surface area contributed by atoms with Crippen LogP contribution in [0, 0.1) is 12.3 Å². The number of anilines is 1. The molecule has 1 aromatic carbocycles. The molecular formula is C17H21N3O3. The van der Waals surface area contributed by atoms with Crippen molar-refractivity contribution < 1.29 is 13.9 Å². The molecule has 3 N–H and O–H groups in total. The number of oxazole rings is 1. The molecule has 1 aliphatic rings. The van der Waals surface area contributed by atoms with E-state index in [0.29, 0.717) is 24.8 Å². The van der Waals surface area contributed by atoms with Crippen molar-refractivity contribution in [3.05, 3.63) is 36.2 Å². The van der Waals surface area contributed by atoms with Crippen molar-refractivity contribution >= 4 is 11.6 Å². The van der Waals surface area contributed by atoms with Crippen LogP contribution in [0.15, 0.2) is 34.9 Å². The van der Waals surface area contributed by atoms with Gasteiger partial charge in [-0.3, -0.25) is 4.79 Å². The molecule has 6 nitrogen and oxygen atoms in total. The van der Waals surface area contributed by atoms with Crippen molar-refractivity contribution in [2.24, 2.45) is 11.1 Å². The summed E-state index contributed by atoms with van der Waals surface area (Å²) < 4.78 is 11.0. The van der Waals surface area contributed by atoms with Crippen LogP contribution < -0.4 is 11.1 Å². The maximum Gasteiger partial charge on any atom is 0.234 e. The summed E-state index contributed by atoms with van der Waals surface area (Å²) in [5.41, 5.74) is 6.72. The maximum absolute atomic E-state index is 12.7. The first-order valence-electron chi connectivity index (χ1n) is 7.75. The molecule has 1 saturated heterocycles. The summed E-state index contributed by atoms with van der Waals surface area (Å²) in [6.45, 7) is 3.18. The molecule has 23 heavy (non-hydrogen) atoms. The third-order valence-electron chi connectivity index (χ3n) is 4.18. The topological polar surface area (TPSA) is 90.4 Å². The first-order valence-corrected chi connectivity index (χ1v) is 7.75. The number of nitrogens with two attached hydrogens (primary N) is 1. The zero-order valence-corrected chi connectivity index (χ0v) is 13.2. The van der Waals surface area contributed by atoms with Gasteiger partial charge in [-0.2, -0.15) is 0 Å². The molecular weight excluding hydrogens is 294 g/mol. The van der Waals surface area contributed by atoms with Gasteiger partial charge >= 0.3 is 0 Å². The number of nitrogens with zero attached hydrogens (tertiary/aromatic N) is 1. The highest BCUT2D eigenvalue weighted by atomic mass is 16.5. The number of ether oxygens (including phenoxy) is 1. The summed E-state index contributed by atoms with van der Waals surface area (Å²) in [6, 6.07) is 7.43. The maximum atomic E-state index is 12.7. The van der Waals surface area contributed by atoms with E-state index in [9.17, 15) is 4.79 Å². The summed E-state index contributed by atoms with van der Waals surface area (Å²) in [6.07, 6.45) is 3.26. The van der Waals surface area contributed by atoms with Crippen molar-refractivity contribution in [2.75, 3.05) is 25.1 Å². The molecule has 0 aliphatic carbocycles. The molecule has 1 amide bonds. The number of hydrogen-bond acceptors (Lipinski definition) is 5. The van der Waals surface area contributed by atoms with Crippen LogP contribution in [-0.2, 0) is 9.53 Å². The fourth-order valence-corrected chi connectivity index (χ4v) is 2.77. The predicted molar refractivity (Wildman–Crippen MR) is 86.8 cm³/mol. The van der Waals surface area contributed by atoms with Crippen LogP contribution in [0.3, 0.4) is 0 Å². The Morgan fingerprint density at radius 3 is 3.00 bits per heavy atom. The second-order valence-corrected chi connectivity index (χ2v) is 5.95. The van der Waals surface area contributed by atoms with E-state index in [1.54, 1.807) is 6.20 Å². The van der Waals surface area contributed by atoms with E-state index in [4.69, 9.17) is 14.9 Å². The minimum Gasteiger partial charge on any atom is -0.441 e. The molecule has 2 heterocycles. The molecule has 2 aromatic rings. The van der Waals surface area contributed by atoms with E-state index >= 15 is 0 Å². The summed E-state index contributed by atoms with van der Waals surface area (Å²) in [4.78, 5) is 16.9. The Balaban J connectivity index is 1.78. The minimum absolute atomic E-state index is 0.0968. The van der Waals surface area contributed by atoms with Crippen molar-refractivity contribution in [1.82, 2.24) is 4.98 Å². The first-order chi connectivity index (χ1) is 11.1. The molecule has 122 valence electrons. The minimum atomic E-state index is -0.645. The van der Waals surface area contributed by atoms with E-state index in [2.05, 4.69) is 10.3 Å². The second kappa shape index (κ2) is 6.52. The van der Waals surface area contributed by atoms with Crippen LogP contribution in [0.2, 0.25) is 0 Å². The molecule has 1 aromatic heterocycles. The Hall–Kier alpha value is -2.18. The number of benzene rings is 1. The van der Waals surface area contributed by atoms with Gasteiger partial charge in [0, 0.05) is 24.4 Å². The number of carbonyl (C=O) groups is 1. The lowest BCUT2D eigenvalue weighted by Gasteiger charge is -2.34. The van der Waals surface area contributed by atoms with Crippen molar-refractivity contribution in [2.45, 2.75) is 19.8 Å². The molecule has 3 rings (SSSR count). The highest BCUT2D eigenvalue weighted by Crippen LogP contribution is 2.30. The van der Waals surface area contributed by atoms with Crippen LogP contribution >= 0.6 is 0 Å². The Kier molecular flexibility index (Phi) is 4.45. The molecule has 1 fully saturated rings. The lowest BCUT2D eigenvalue weighted by molar-refractivity contribution is -0.132. The third-order valence-corrected chi connectivity index (χ3v) is 4.18. The number of carbonyl (C=O) groups excluding carboxylic acids is 1. The molecule has 0 bridgehead atoms. The number of hydrogen-bond donors (Lipinski definition) is 2. The largest absolute Gasteiger partial charge is 0.441 e. The fourth-order valence-electron chi connectivity index (χ4n) is 2.77. The number of amides is 1. The highest BCUT2D eigenvalue weighted by molar-refractivity contribution is 5.96. The average molecular weight is 315 g/mol. The van der Waals surface area contributed by atoms with Crippen LogP contribution in [0.1, 0.15) is 18.6 Å². The molecule has 0 saturated carbocycles. The first kappa shape index (κ1) is 15.7. The lowest BCUT2D eigenvalue weighted by Crippen LogP contribution is -2.48. The van der Waals surface area contributed by atoms with Gasteiger partial charge in [0.15, 0.2) is 0 Å². The lowest BCUT2D eigenvalue weighted by atomic mass is 9.81. The van der Waals surface area contributed by atoms with Crippen LogP contribution in [-0.4, -0.2) is 30.6 Å². The van der Waals surface area contributed by atoms with Gasteiger partial charge in [-0.25, -0.2) is 4.98 Å². The van der Waals surface area contributed by atoms with Gasteiger partial charge < -0.3 is 20.2 Å². The van der Waals surface area contributed by atoms with Crippen LogP contribution in [0.5, 0.6) is 0 Å². The van der Waals surface area contributed by atoms with Crippen LogP contribution in [0.4, 0.5) is 5.69 Å². The highest BCUT2D eigenvalue weighted by Gasteiger charge is 2.39. The summed E-state index contributed by atoms with van der Waals surface area (Å²) in [5, 5.41) is 2.95. The number of nitrogens with one attached hydrogen (secondary N) is 1. The predicted octanol–water partition coefficient (Wildman–Crippen LogP) is 2.34. The Labute approximate surface area is 135 Å². The monoisotopic (exact) mass is 315 g/mol. The van der Waals surface area contributed by atoms with Gasteiger partial charge in [0.1, 0.15) is 5.76 Å². The van der Waals surface area contributed by atoms with Crippen molar-refractivity contribution in [3.8, 4) is 11.5 Å². The number of aromatic nitrogens is 1. The smallest absolute Gasteiger partial charge is 0.234 e. The molecule has 1 aliphatic heterocycles. The quantitative estimate of drug-likeness (QED) is 0.904. The van der Waals surface area contributed by atoms with E-state index in [-0.39, 0.29) is 12.5 Å². The standard InChI is InChI=1S/C17H21N3O3/c1-12-9-19-15(23-12)13-4-2-5-14(8-13)20-16(21)17(10-18)6-3-7-22-11-17/h2,4-5,8-9H,3,6-7,10-11,18H2,1H3,(H,20,21). The van der Waals surface area contributed by atoms with Crippen LogP contribution in [0.25, 0.3) is 11.5 Å². The SMILES string of the molecule is Cc1cnc(-c2cccc(NC(=O)C3(CN)CCCOC3)c2)o1. The Morgan fingerprint density at radius 1 is 1.48 bits per heavy atom. The Morgan fingerprint density at radius 2 is 2.35 bits per heavy atom. The summed E-state index contributed by atoms with van der Waals surface area (Å²) in [7, 11) is 0. The molecule has 0 radical (unpaired) electrons. The van der Waals surface area contributed by atoms with E-state index < -0.39 is 5.41 Å². The summed E-state index contributed by atoms with van der Waals surface area (Å²) in [5.74, 6) is 1.18. The third kappa shape index (κ3) is 3.28.